The summed E-state index contributed by atoms with van der Waals surface area (Å²) in [5.74, 6) is -4.74. The molecule has 4 N–H and O–H groups in total. The molecule has 0 aliphatic heterocycles. The van der Waals surface area contributed by atoms with Crippen molar-refractivity contribution >= 4 is 34.7 Å². The summed E-state index contributed by atoms with van der Waals surface area (Å²) in [6.07, 6.45) is 55.9. The Bertz CT molecular complexity index is 2660. The topological polar surface area (TPSA) is 186 Å². The maximum absolute atomic E-state index is 11.3. The van der Waals surface area contributed by atoms with Gasteiger partial charge in [0.1, 0.15) is 0 Å². The first kappa shape index (κ1) is 87.9. The van der Waals surface area contributed by atoms with Crippen LogP contribution in [0.25, 0.3) is 0 Å². The number of hydrogen-bond donors (Lipinski definition) is 4. The van der Waals surface area contributed by atoms with Crippen LogP contribution in [-0.2, 0) is 42.2 Å². The van der Waals surface area contributed by atoms with Crippen molar-refractivity contribution in [1.82, 2.24) is 0 Å². The van der Waals surface area contributed by atoms with Crippen molar-refractivity contribution in [1.29, 1.82) is 0 Å². The van der Waals surface area contributed by atoms with E-state index in [4.69, 9.17) is 9.98 Å². The normalized spacial score (nSPS) is 11.5. The smallest absolute Gasteiger partial charge is 0.545 e. The first-order chi connectivity index (χ1) is 45.5. The number of unbranched alkanes of at least 4 members (excludes halogenated alkanes) is 34. The molecule has 0 aliphatic carbocycles. The van der Waals surface area contributed by atoms with Gasteiger partial charge in [0, 0.05) is 11.1 Å². The molecule has 0 heterocycles. The van der Waals surface area contributed by atoms with E-state index < -0.39 is 23.4 Å². The van der Waals surface area contributed by atoms with Gasteiger partial charge in [-0.05, 0) is 186 Å². The summed E-state index contributed by atoms with van der Waals surface area (Å²) in [6, 6.07) is 16.3. The van der Waals surface area contributed by atoms with Crippen LogP contribution in [0.4, 0.5) is 11.4 Å². The van der Waals surface area contributed by atoms with Gasteiger partial charge in [0.2, 0.25) is 0 Å². The molecule has 0 unspecified atom stereocenters. The Kier molecular flexibility index (Phi) is 51.6. The predicted octanol–water partition coefficient (Wildman–Crippen LogP) is 23.4. The van der Waals surface area contributed by atoms with E-state index in [-0.39, 0.29) is 39.1 Å². The zero-order chi connectivity index (χ0) is 69.1. The van der Waals surface area contributed by atoms with Gasteiger partial charge in [0.25, 0.3) is 0 Å². The largest absolute Gasteiger partial charge is 2.00 e. The summed E-state index contributed by atoms with van der Waals surface area (Å²) in [4.78, 5) is 33.2. The monoisotopic (exact) mass is 1360 g/mol. The maximum atomic E-state index is 11.3. The Balaban J connectivity index is 0.000000855. The number of phenolic OH excluding ortho intramolecular Hbond substituents is 2. The third-order valence-electron chi connectivity index (χ3n) is 18.9. The number of hydrogen-bond acceptors (Lipinski definition) is 10. The molecule has 95 heavy (non-hydrogen) atoms. The quantitative estimate of drug-likeness (QED) is 0.0146. The van der Waals surface area contributed by atoms with E-state index in [1.54, 1.807) is 0 Å². The molecule has 11 heteroatoms. The number of nitrogens with zero attached hydrogens (tertiary/aromatic N) is 2. The average molecular weight is 1360 g/mol. The van der Waals surface area contributed by atoms with Gasteiger partial charge in [-0.15, -0.1) is 0 Å². The number of aryl methyl sites for hydroxylation is 6. The molecule has 0 amide bonds. The molecule has 0 saturated carbocycles. The predicted molar refractivity (Wildman–Crippen MR) is 397 cm³/mol. The Morgan fingerprint density at radius 1 is 0.326 bits per heavy atom. The SMILES string of the molecule is CCCCCCCCCCCCCCCCCCCCCCCCCCCC(=Nc1ccc(C)c(C)c1)C(CCCCC)=Nc1ccc(C)c(C)c1.CCCCCc1cc(O)c(O)c(C(=O)[O-])c1CCCCC.CCCCCc1cc(O)c(O)c(C(=O)[O-])c1CCCCC.[Ni+2]. The molecule has 538 valence electrons. The number of aromatic carboxylic acids is 2. The van der Waals surface area contributed by atoms with Crippen molar-refractivity contribution in [3.05, 3.63) is 104 Å². The molecule has 0 fully saturated rings. The van der Waals surface area contributed by atoms with E-state index in [1.165, 1.54) is 226 Å². The summed E-state index contributed by atoms with van der Waals surface area (Å²) < 4.78 is 0. The molecular weight excluding hydrogens is 1220 g/mol. The Labute approximate surface area is 589 Å². The summed E-state index contributed by atoms with van der Waals surface area (Å²) in [5.41, 5.74) is 12.2. The molecule has 0 atom stereocenters. The Morgan fingerprint density at radius 2 is 0.568 bits per heavy atom. The van der Waals surface area contributed by atoms with Crippen molar-refractivity contribution < 1.29 is 56.7 Å². The summed E-state index contributed by atoms with van der Waals surface area (Å²) in [5, 5.41) is 61.8. The van der Waals surface area contributed by atoms with Crippen LogP contribution < -0.4 is 10.2 Å². The molecule has 4 aromatic carbocycles. The van der Waals surface area contributed by atoms with Gasteiger partial charge in [-0.2, -0.15) is 0 Å². The molecule has 10 nitrogen and oxygen atoms in total. The van der Waals surface area contributed by atoms with Gasteiger partial charge in [0.05, 0.1) is 34.7 Å². The van der Waals surface area contributed by atoms with Crippen LogP contribution in [0.15, 0.2) is 58.5 Å². The van der Waals surface area contributed by atoms with Crippen LogP contribution in [0.1, 0.15) is 376 Å². The van der Waals surface area contributed by atoms with E-state index in [2.05, 4.69) is 106 Å². The van der Waals surface area contributed by atoms with Gasteiger partial charge < -0.3 is 40.2 Å². The van der Waals surface area contributed by atoms with Crippen molar-refractivity contribution in [3.63, 3.8) is 0 Å². The number of carbonyl (C=O) groups is 2. The minimum atomic E-state index is -1.42. The van der Waals surface area contributed by atoms with E-state index in [0.717, 1.165) is 112 Å². The standard InChI is InChI=1S/C50H84N2.2C17H26O4.Ni/c1-7-9-11-12-13-14-15-16-17-18-19-20-21-22-23-24-25-26-27-28-29-30-31-32-34-36-50(52-48-40-38-44(4)46(6)42-48)49(35-33-10-8-2)51-47-39-37-43(3)45(5)41-47;2*1-3-5-7-9-12-11-14(18)16(19)15(17(20)21)13(12)10-8-6-4-2;/h37-42H,7-36H2,1-6H3;2*11,18-19H,3-10H2,1-2H3,(H,20,21);/q;;;+2/p-2. The molecule has 0 aromatic heterocycles. The molecule has 4 aromatic rings. The summed E-state index contributed by atoms with van der Waals surface area (Å²) in [6.45, 7) is 21.7. The summed E-state index contributed by atoms with van der Waals surface area (Å²) >= 11 is 0. The fourth-order valence-corrected chi connectivity index (χ4v) is 12.6. The third kappa shape index (κ3) is 38.0. The number of aliphatic imine (C=N–C) groups is 2. The van der Waals surface area contributed by atoms with Crippen LogP contribution in [-0.4, -0.2) is 43.8 Å². The maximum Gasteiger partial charge on any atom is 2.00 e. The van der Waals surface area contributed by atoms with Crippen LogP contribution in [0, 0.1) is 27.7 Å². The second kappa shape index (κ2) is 55.8. The van der Waals surface area contributed by atoms with Gasteiger partial charge in [-0.25, -0.2) is 0 Å². The first-order valence-corrected chi connectivity index (χ1v) is 38.4. The van der Waals surface area contributed by atoms with Crippen molar-refractivity contribution in [2.45, 2.75) is 365 Å². The first-order valence-electron chi connectivity index (χ1n) is 38.4. The minimum absolute atomic E-state index is 0. The Hall–Kier alpha value is -5.15. The molecule has 0 spiro atoms. The number of carboxylic acid groups (broad SMARTS) is 2. The molecule has 0 saturated heterocycles. The Morgan fingerprint density at radius 3 is 0.842 bits per heavy atom. The molecule has 0 aliphatic rings. The summed E-state index contributed by atoms with van der Waals surface area (Å²) in [7, 11) is 0. The van der Waals surface area contributed by atoms with Crippen LogP contribution in [0.2, 0.25) is 0 Å². The second-order valence-corrected chi connectivity index (χ2v) is 27.3. The zero-order valence-corrected chi connectivity index (χ0v) is 62.8. The number of rotatable bonds is 51. The second-order valence-electron chi connectivity index (χ2n) is 27.3. The van der Waals surface area contributed by atoms with Crippen LogP contribution >= 0.6 is 0 Å². The van der Waals surface area contributed by atoms with Gasteiger partial charge in [-0.3, -0.25) is 9.98 Å². The molecular formula is C84H134N2NiO8. The number of phenols is 4. The zero-order valence-electron chi connectivity index (χ0n) is 61.8. The molecule has 0 bridgehead atoms. The number of carboxylic acids is 2. The molecule has 4 rings (SSSR count). The van der Waals surface area contributed by atoms with Gasteiger partial charge in [0.15, 0.2) is 23.0 Å². The van der Waals surface area contributed by atoms with Gasteiger partial charge in [-0.1, -0.05) is 272 Å². The van der Waals surface area contributed by atoms with Crippen molar-refractivity contribution in [3.8, 4) is 23.0 Å². The van der Waals surface area contributed by atoms with E-state index in [0.29, 0.717) is 36.8 Å². The minimum Gasteiger partial charge on any atom is -0.545 e. The fourth-order valence-electron chi connectivity index (χ4n) is 12.6. The number of benzene rings is 4. The third-order valence-corrected chi connectivity index (χ3v) is 18.9. The van der Waals surface area contributed by atoms with Crippen LogP contribution in [0.3, 0.4) is 0 Å². The van der Waals surface area contributed by atoms with Crippen molar-refractivity contribution in [2.24, 2.45) is 9.98 Å². The molecule has 0 radical (unpaired) electrons. The van der Waals surface area contributed by atoms with E-state index in [1.807, 2.05) is 0 Å². The van der Waals surface area contributed by atoms with Crippen LogP contribution in [0.5, 0.6) is 23.0 Å². The number of carbonyl (C=O) groups excluding carboxylic acids is 2. The van der Waals surface area contributed by atoms with E-state index >= 15 is 0 Å². The fraction of sp³-hybridized carbons (Fsp3) is 0.667. The van der Waals surface area contributed by atoms with Crippen molar-refractivity contribution in [2.75, 3.05) is 0 Å². The van der Waals surface area contributed by atoms with Gasteiger partial charge >= 0.3 is 16.5 Å². The number of aromatic hydroxyl groups is 4. The average Bonchev–Trinajstić information content (AvgIpc) is 0.819. The van der Waals surface area contributed by atoms with E-state index in [9.17, 15) is 40.2 Å².